The van der Waals surface area contributed by atoms with Crippen molar-refractivity contribution >= 4 is 28.0 Å². The number of hydrogen-bond donors (Lipinski definition) is 1. The molecule has 0 saturated carbocycles. The van der Waals surface area contributed by atoms with Crippen LogP contribution in [0.15, 0.2) is 37.1 Å². The largest absolute Gasteiger partial charge is 0.328 e. The highest BCUT2D eigenvalue weighted by Crippen LogP contribution is 2.30. The van der Waals surface area contributed by atoms with E-state index in [1.165, 1.54) is 11.5 Å². The first-order chi connectivity index (χ1) is 11.9. The topological polar surface area (TPSA) is 72.9 Å². The monoisotopic (exact) mass is 353 g/mol. The number of fused-ring (bicyclic) bond motifs is 1. The van der Waals surface area contributed by atoms with Crippen LogP contribution in [-0.2, 0) is 12.5 Å². The number of anilines is 2. The standard InChI is InChI=1S/C17H19N7S/c1-17(2,3)13-7-14(25-22-13)21-15-16-19-9-12(24(16)6-5-18-15)11-8-20-23(4)10-11/h5-10H,1-4H3,(H,18,21). The molecule has 4 aromatic heterocycles. The summed E-state index contributed by atoms with van der Waals surface area (Å²) < 4.78 is 8.32. The van der Waals surface area contributed by atoms with Gasteiger partial charge in [0.05, 0.1) is 23.8 Å². The fraction of sp³-hybridized carbons (Fsp3) is 0.294. The Labute approximate surface area is 149 Å². The van der Waals surface area contributed by atoms with Gasteiger partial charge in [0.2, 0.25) is 0 Å². The van der Waals surface area contributed by atoms with E-state index >= 15 is 0 Å². The Morgan fingerprint density at radius 1 is 1.16 bits per heavy atom. The van der Waals surface area contributed by atoms with Gasteiger partial charge in [-0.25, -0.2) is 9.97 Å². The minimum Gasteiger partial charge on any atom is -0.328 e. The SMILES string of the molecule is Cn1cc(-c2cnc3c(Nc4cc(C(C)(C)C)ns4)nccn23)cn1. The lowest BCUT2D eigenvalue weighted by atomic mass is 9.92. The van der Waals surface area contributed by atoms with Gasteiger partial charge in [0.15, 0.2) is 11.5 Å². The predicted octanol–water partition coefficient (Wildman–Crippen LogP) is 3.63. The molecule has 0 aromatic carbocycles. The van der Waals surface area contributed by atoms with Gasteiger partial charge in [0.25, 0.3) is 0 Å². The normalized spacial score (nSPS) is 12.0. The summed E-state index contributed by atoms with van der Waals surface area (Å²) in [5.41, 5.74) is 3.85. The second-order valence-electron chi connectivity index (χ2n) is 6.97. The van der Waals surface area contributed by atoms with Crippen molar-refractivity contribution in [3.8, 4) is 11.3 Å². The summed E-state index contributed by atoms with van der Waals surface area (Å²) in [5.74, 6) is 0.710. The molecule has 0 aliphatic carbocycles. The molecule has 0 aliphatic rings. The van der Waals surface area contributed by atoms with Gasteiger partial charge in [-0.3, -0.25) is 9.08 Å². The van der Waals surface area contributed by atoms with Gasteiger partial charge in [0, 0.05) is 36.6 Å². The first-order valence-corrected chi connectivity index (χ1v) is 8.74. The summed E-state index contributed by atoms with van der Waals surface area (Å²) in [6.45, 7) is 6.46. The first kappa shape index (κ1) is 15.8. The molecule has 0 amide bonds. The summed E-state index contributed by atoms with van der Waals surface area (Å²) in [4.78, 5) is 8.99. The third-order valence-electron chi connectivity index (χ3n) is 3.95. The summed E-state index contributed by atoms with van der Waals surface area (Å²) in [6, 6.07) is 2.07. The molecule has 0 fully saturated rings. The van der Waals surface area contributed by atoms with E-state index in [-0.39, 0.29) is 5.41 Å². The minimum absolute atomic E-state index is 0.0245. The number of imidazole rings is 1. The molecule has 0 saturated heterocycles. The highest BCUT2D eigenvalue weighted by atomic mass is 32.1. The average Bonchev–Trinajstić information content (AvgIpc) is 3.25. The van der Waals surface area contributed by atoms with Crippen LogP contribution in [0.1, 0.15) is 26.5 Å². The third-order valence-corrected chi connectivity index (χ3v) is 4.65. The molecule has 0 unspecified atom stereocenters. The Balaban J connectivity index is 1.71. The van der Waals surface area contributed by atoms with Crippen LogP contribution in [0, 0.1) is 0 Å². The predicted molar refractivity (Wildman–Crippen MR) is 99.3 cm³/mol. The van der Waals surface area contributed by atoms with Crippen LogP contribution in [0.5, 0.6) is 0 Å². The smallest absolute Gasteiger partial charge is 0.180 e. The Kier molecular flexibility index (Phi) is 3.57. The molecule has 4 aromatic rings. The van der Waals surface area contributed by atoms with Crippen molar-refractivity contribution in [3.05, 3.63) is 42.7 Å². The quantitative estimate of drug-likeness (QED) is 0.609. The van der Waals surface area contributed by atoms with Crippen molar-refractivity contribution in [3.63, 3.8) is 0 Å². The van der Waals surface area contributed by atoms with Crippen LogP contribution in [0.25, 0.3) is 16.9 Å². The van der Waals surface area contributed by atoms with E-state index in [1.807, 2.05) is 36.2 Å². The van der Waals surface area contributed by atoms with Crippen molar-refractivity contribution < 1.29 is 0 Å². The summed E-state index contributed by atoms with van der Waals surface area (Å²) >= 11 is 1.43. The lowest BCUT2D eigenvalue weighted by Gasteiger charge is -2.13. The number of rotatable bonds is 3. The maximum Gasteiger partial charge on any atom is 0.180 e. The van der Waals surface area contributed by atoms with E-state index in [0.29, 0.717) is 5.82 Å². The molecule has 25 heavy (non-hydrogen) atoms. The van der Waals surface area contributed by atoms with E-state index in [1.54, 1.807) is 10.9 Å². The Morgan fingerprint density at radius 2 is 2.00 bits per heavy atom. The molecular formula is C17H19N7S. The Morgan fingerprint density at radius 3 is 2.68 bits per heavy atom. The fourth-order valence-corrected chi connectivity index (χ4v) is 3.41. The number of hydrogen-bond acceptors (Lipinski definition) is 6. The molecule has 0 radical (unpaired) electrons. The molecule has 0 spiro atoms. The minimum atomic E-state index is 0.0245. The number of aromatic nitrogens is 6. The molecule has 4 heterocycles. The van der Waals surface area contributed by atoms with Crippen LogP contribution in [0.3, 0.4) is 0 Å². The van der Waals surface area contributed by atoms with Crippen LogP contribution in [-0.4, -0.2) is 28.5 Å². The van der Waals surface area contributed by atoms with Gasteiger partial charge in [0.1, 0.15) is 5.00 Å². The van der Waals surface area contributed by atoms with E-state index in [9.17, 15) is 0 Å². The van der Waals surface area contributed by atoms with Crippen LogP contribution in [0.2, 0.25) is 0 Å². The molecule has 7 nitrogen and oxygen atoms in total. The van der Waals surface area contributed by atoms with Crippen molar-refractivity contribution in [1.29, 1.82) is 0 Å². The lowest BCUT2D eigenvalue weighted by molar-refractivity contribution is 0.576. The number of aryl methyl sites for hydroxylation is 1. The van der Waals surface area contributed by atoms with Gasteiger partial charge in [-0.2, -0.15) is 9.47 Å². The maximum atomic E-state index is 4.54. The Bertz CT molecular complexity index is 1030. The van der Waals surface area contributed by atoms with Gasteiger partial charge >= 0.3 is 0 Å². The van der Waals surface area contributed by atoms with Crippen molar-refractivity contribution in [2.24, 2.45) is 7.05 Å². The fourth-order valence-electron chi connectivity index (χ4n) is 2.58. The molecule has 0 atom stereocenters. The zero-order valence-electron chi connectivity index (χ0n) is 14.6. The van der Waals surface area contributed by atoms with Crippen LogP contribution >= 0.6 is 11.5 Å². The average molecular weight is 353 g/mol. The van der Waals surface area contributed by atoms with Gasteiger partial charge in [-0.05, 0) is 17.6 Å². The molecule has 4 rings (SSSR count). The number of nitrogens with one attached hydrogen (secondary N) is 1. The van der Waals surface area contributed by atoms with Gasteiger partial charge in [-0.1, -0.05) is 20.8 Å². The molecular weight excluding hydrogens is 334 g/mol. The summed E-state index contributed by atoms with van der Waals surface area (Å²) in [7, 11) is 1.90. The van der Waals surface area contributed by atoms with E-state index in [2.05, 4.69) is 51.6 Å². The highest BCUT2D eigenvalue weighted by Gasteiger charge is 2.18. The second kappa shape index (κ2) is 5.66. The number of nitrogens with zero attached hydrogens (tertiary/aromatic N) is 6. The van der Waals surface area contributed by atoms with Crippen LogP contribution in [0.4, 0.5) is 10.8 Å². The molecule has 8 heteroatoms. The first-order valence-electron chi connectivity index (χ1n) is 7.97. The molecule has 0 bridgehead atoms. The highest BCUT2D eigenvalue weighted by molar-refractivity contribution is 7.10. The van der Waals surface area contributed by atoms with Gasteiger partial charge < -0.3 is 5.32 Å². The lowest BCUT2D eigenvalue weighted by Crippen LogP contribution is -2.10. The zero-order valence-corrected chi connectivity index (χ0v) is 15.4. The summed E-state index contributed by atoms with van der Waals surface area (Å²) in [6.07, 6.45) is 9.31. The maximum absolute atomic E-state index is 4.54. The van der Waals surface area contributed by atoms with Crippen molar-refractivity contribution in [1.82, 2.24) is 28.5 Å². The molecule has 128 valence electrons. The van der Waals surface area contributed by atoms with E-state index < -0.39 is 0 Å². The van der Waals surface area contributed by atoms with E-state index in [0.717, 1.165) is 27.6 Å². The zero-order chi connectivity index (χ0) is 17.6. The summed E-state index contributed by atoms with van der Waals surface area (Å²) in [5, 5.41) is 8.54. The van der Waals surface area contributed by atoms with Crippen LogP contribution < -0.4 is 5.32 Å². The molecule has 0 aliphatic heterocycles. The van der Waals surface area contributed by atoms with Crippen molar-refractivity contribution in [2.45, 2.75) is 26.2 Å². The van der Waals surface area contributed by atoms with E-state index in [4.69, 9.17) is 0 Å². The molecule has 1 N–H and O–H groups in total. The third kappa shape index (κ3) is 2.89. The van der Waals surface area contributed by atoms with Crippen molar-refractivity contribution in [2.75, 3.05) is 5.32 Å². The Hall–Kier alpha value is -2.74. The second-order valence-corrected chi connectivity index (χ2v) is 7.77. The van der Waals surface area contributed by atoms with Gasteiger partial charge in [-0.15, -0.1) is 0 Å².